The molecule has 1 aliphatic heterocycles. The van der Waals surface area contributed by atoms with Crippen molar-refractivity contribution in [2.75, 3.05) is 26.7 Å². The number of hydrogen-bond donors (Lipinski definition) is 2. The minimum absolute atomic E-state index is 0.000611. The molecule has 1 atom stereocenters. The smallest absolute Gasteiger partial charge is 0.254 e. The van der Waals surface area contributed by atoms with Crippen LogP contribution in [0.1, 0.15) is 17.3 Å². The summed E-state index contributed by atoms with van der Waals surface area (Å²) in [5, 5.41) is 3.16. The number of sulfonamides is 1. The average Bonchev–Trinajstić information content (AvgIpc) is 2.47. The van der Waals surface area contributed by atoms with Gasteiger partial charge in [-0.25, -0.2) is 17.5 Å². The molecular weight excluding hydrogens is 297 g/mol. The van der Waals surface area contributed by atoms with Crippen LogP contribution in [0, 0.1) is 5.82 Å². The summed E-state index contributed by atoms with van der Waals surface area (Å²) in [4.78, 5) is 13.6. The van der Waals surface area contributed by atoms with Crippen LogP contribution in [0.2, 0.25) is 0 Å². The zero-order valence-electron chi connectivity index (χ0n) is 11.9. The predicted octanol–water partition coefficient (Wildman–Crippen LogP) is 0.168. The maximum Gasteiger partial charge on any atom is 0.254 e. The second-order valence-electron chi connectivity index (χ2n) is 4.90. The van der Waals surface area contributed by atoms with Crippen molar-refractivity contribution in [2.45, 2.75) is 17.9 Å². The number of carbonyl (C=O) groups excluding carboxylic acids is 1. The van der Waals surface area contributed by atoms with Crippen molar-refractivity contribution in [1.29, 1.82) is 0 Å². The van der Waals surface area contributed by atoms with Crippen LogP contribution in [0.5, 0.6) is 0 Å². The van der Waals surface area contributed by atoms with Gasteiger partial charge < -0.3 is 10.2 Å². The van der Waals surface area contributed by atoms with Crippen LogP contribution in [0.3, 0.4) is 0 Å². The highest BCUT2D eigenvalue weighted by molar-refractivity contribution is 7.89. The molecule has 1 heterocycles. The van der Waals surface area contributed by atoms with Crippen LogP contribution < -0.4 is 10.0 Å². The Labute approximate surface area is 123 Å². The zero-order valence-corrected chi connectivity index (χ0v) is 12.7. The number of piperazine rings is 1. The van der Waals surface area contributed by atoms with E-state index in [1.807, 2.05) is 6.92 Å². The summed E-state index contributed by atoms with van der Waals surface area (Å²) >= 11 is 0. The van der Waals surface area contributed by atoms with E-state index in [0.29, 0.717) is 19.6 Å². The van der Waals surface area contributed by atoms with Gasteiger partial charge in [0.15, 0.2) is 0 Å². The van der Waals surface area contributed by atoms with E-state index in [0.717, 1.165) is 12.1 Å². The second kappa shape index (κ2) is 6.08. The topological polar surface area (TPSA) is 78.5 Å². The maximum atomic E-state index is 13.7. The van der Waals surface area contributed by atoms with Crippen LogP contribution in [-0.2, 0) is 10.0 Å². The van der Waals surface area contributed by atoms with Crippen molar-refractivity contribution in [3.63, 3.8) is 0 Å². The lowest BCUT2D eigenvalue weighted by Gasteiger charge is -2.34. The molecule has 0 saturated carbocycles. The number of benzene rings is 1. The molecule has 1 aliphatic rings. The minimum Gasteiger partial charge on any atom is -0.333 e. The van der Waals surface area contributed by atoms with Gasteiger partial charge in [-0.1, -0.05) is 0 Å². The van der Waals surface area contributed by atoms with Gasteiger partial charge in [0.25, 0.3) is 5.91 Å². The zero-order chi connectivity index (χ0) is 15.6. The molecule has 6 nitrogen and oxygen atoms in total. The molecule has 1 saturated heterocycles. The first kappa shape index (κ1) is 15.9. The third-order valence-electron chi connectivity index (χ3n) is 3.50. The number of halogens is 1. The summed E-state index contributed by atoms with van der Waals surface area (Å²) in [6.07, 6.45) is 0. The first-order valence-corrected chi connectivity index (χ1v) is 8.10. The molecule has 0 unspecified atom stereocenters. The average molecular weight is 315 g/mol. The molecule has 1 aromatic carbocycles. The van der Waals surface area contributed by atoms with Gasteiger partial charge in [-0.15, -0.1) is 0 Å². The molecule has 0 radical (unpaired) electrons. The molecule has 1 amide bonds. The molecule has 21 heavy (non-hydrogen) atoms. The van der Waals surface area contributed by atoms with Crippen molar-refractivity contribution in [2.24, 2.45) is 0 Å². The second-order valence-corrected chi connectivity index (χ2v) is 6.76. The lowest BCUT2D eigenvalue weighted by molar-refractivity contribution is 0.0655. The monoisotopic (exact) mass is 315 g/mol. The van der Waals surface area contributed by atoms with Crippen LogP contribution in [0.4, 0.5) is 4.39 Å². The Balaban J connectivity index is 2.37. The largest absolute Gasteiger partial charge is 0.333 e. The summed E-state index contributed by atoms with van der Waals surface area (Å²) in [6.45, 7) is 3.79. The molecule has 0 aliphatic carbocycles. The minimum atomic E-state index is -3.94. The number of nitrogens with zero attached hydrogens (tertiary/aromatic N) is 1. The van der Waals surface area contributed by atoms with Crippen molar-refractivity contribution in [3.8, 4) is 0 Å². The van der Waals surface area contributed by atoms with Gasteiger partial charge in [-0.05, 0) is 32.2 Å². The predicted molar refractivity (Wildman–Crippen MR) is 76.0 cm³/mol. The fourth-order valence-electron chi connectivity index (χ4n) is 2.26. The number of hydrogen-bond acceptors (Lipinski definition) is 4. The third-order valence-corrected chi connectivity index (χ3v) is 4.93. The summed E-state index contributed by atoms with van der Waals surface area (Å²) in [5.74, 6) is -1.18. The lowest BCUT2D eigenvalue weighted by Crippen LogP contribution is -2.52. The first-order chi connectivity index (χ1) is 9.86. The fraction of sp³-hybridized carbons (Fsp3) is 0.462. The molecular formula is C13H18FN3O3S. The molecule has 2 N–H and O–H groups in total. The van der Waals surface area contributed by atoms with Gasteiger partial charge in [0.05, 0.1) is 0 Å². The van der Waals surface area contributed by atoms with E-state index < -0.39 is 20.7 Å². The fourth-order valence-corrected chi connectivity index (χ4v) is 3.09. The van der Waals surface area contributed by atoms with Gasteiger partial charge in [0.1, 0.15) is 10.7 Å². The number of carbonyl (C=O) groups is 1. The van der Waals surface area contributed by atoms with Crippen LogP contribution in [-0.4, -0.2) is 51.9 Å². The van der Waals surface area contributed by atoms with E-state index in [2.05, 4.69) is 10.0 Å². The highest BCUT2D eigenvalue weighted by Gasteiger charge is 2.26. The van der Waals surface area contributed by atoms with E-state index in [-0.39, 0.29) is 17.5 Å². The van der Waals surface area contributed by atoms with Crippen LogP contribution >= 0.6 is 0 Å². The van der Waals surface area contributed by atoms with E-state index in [9.17, 15) is 17.6 Å². The molecule has 0 aromatic heterocycles. The standard InChI is InChI=1S/C13H18FN3O3S/c1-9-8-16-5-6-17(9)13(18)10-3-4-11(14)12(7-10)21(19,20)15-2/h3-4,7,9,15-16H,5-6,8H2,1-2H3/t9-/m1/s1. The summed E-state index contributed by atoms with van der Waals surface area (Å²) in [5.41, 5.74) is 0.166. The first-order valence-electron chi connectivity index (χ1n) is 6.61. The summed E-state index contributed by atoms with van der Waals surface area (Å²) < 4.78 is 39.2. The van der Waals surface area contributed by atoms with Gasteiger partial charge in [-0.2, -0.15) is 0 Å². The quantitative estimate of drug-likeness (QED) is 0.833. The Bertz CT molecular complexity index is 648. The maximum absolute atomic E-state index is 13.7. The highest BCUT2D eigenvalue weighted by Crippen LogP contribution is 2.18. The van der Waals surface area contributed by atoms with Gasteiger partial charge in [0, 0.05) is 31.2 Å². The molecule has 1 aromatic rings. The number of rotatable bonds is 3. The van der Waals surface area contributed by atoms with Gasteiger partial charge >= 0.3 is 0 Å². The molecule has 8 heteroatoms. The van der Waals surface area contributed by atoms with Crippen molar-refractivity contribution < 1.29 is 17.6 Å². The van der Waals surface area contributed by atoms with Gasteiger partial charge in [-0.3, -0.25) is 4.79 Å². The van der Waals surface area contributed by atoms with Crippen molar-refractivity contribution >= 4 is 15.9 Å². The molecule has 0 spiro atoms. The normalized spacial score (nSPS) is 19.6. The molecule has 2 rings (SSSR count). The van der Waals surface area contributed by atoms with E-state index >= 15 is 0 Å². The molecule has 116 valence electrons. The van der Waals surface area contributed by atoms with E-state index in [1.54, 1.807) is 4.90 Å². The SMILES string of the molecule is CNS(=O)(=O)c1cc(C(=O)N2CCNC[C@H]2C)ccc1F. The lowest BCUT2D eigenvalue weighted by atomic mass is 10.1. The Kier molecular flexibility index (Phi) is 4.60. The Morgan fingerprint density at radius 3 is 2.81 bits per heavy atom. The Morgan fingerprint density at radius 1 is 1.48 bits per heavy atom. The summed E-state index contributed by atoms with van der Waals surface area (Å²) in [6, 6.07) is 3.39. The van der Waals surface area contributed by atoms with Crippen molar-refractivity contribution in [3.05, 3.63) is 29.6 Å². The van der Waals surface area contributed by atoms with Crippen LogP contribution in [0.15, 0.2) is 23.1 Å². The number of amides is 1. The van der Waals surface area contributed by atoms with Crippen molar-refractivity contribution in [1.82, 2.24) is 14.9 Å². The van der Waals surface area contributed by atoms with E-state index in [1.165, 1.54) is 13.1 Å². The highest BCUT2D eigenvalue weighted by atomic mass is 32.2. The molecule has 0 bridgehead atoms. The summed E-state index contributed by atoms with van der Waals surface area (Å²) in [7, 11) is -2.74. The Hall–Kier alpha value is -1.51. The van der Waals surface area contributed by atoms with Crippen LogP contribution in [0.25, 0.3) is 0 Å². The van der Waals surface area contributed by atoms with E-state index in [4.69, 9.17) is 0 Å². The van der Waals surface area contributed by atoms with Gasteiger partial charge in [0.2, 0.25) is 10.0 Å². The molecule has 1 fully saturated rings. The Morgan fingerprint density at radius 2 is 2.19 bits per heavy atom. The number of nitrogens with one attached hydrogen (secondary N) is 2. The third kappa shape index (κ3) is 3.22.